The third-order valence-electron chi connectivity index (χ3n) is 3.11. The second kappa shape index (κ2) is 5.24. The zero-order valence-corrected chi connectivity index (χ0v) is 11.7. The van der Waals surface area contributed by atoms with E-state index in [1.807, 2.05) is 25.1 Å². The van der Waals surface area contributed by atoms with E-state index in [0.29, 0.717) is 28.7 Å². The van der Waals surface area contributed by atoms with Gasteiger partial charge in [0.1, 0.15) is 5.75 Å². The predicted molar refractivity (Wildman–Crippen MR) is 78.7 cm³/mol. The predicted octanol–water partition coefficient (Wildman–Crippen LogP) is 2.70. The van der Waals surface area contributed by atoms with Crippen molar-refractivity contribution in [3.8, 4) is 28.6 Å². The zero-order valence-electron chi connectivity index (χ0n) is 11.7. The number of ether oxygens (including phenoxy) is 1. The van der Waals surface area contributed by atoms with Crippen LogP contribution in [0.2, 0.25) is 0 Å². The number of benzene rings is 1. The first-order valence-electron chi connectivity index (χ1n) is 6.37. The summed E-state index contributed by atoms with van der Waals surface area (Å²) in [6.07, 6.45) is 3.17. The van der Waals surface area contributed by atoms with Crippen LogP contribution in [0.25, 0.3) is 22.8 Å². The molecule has 0 saturated heterocycles. The summed E-state index contributed by atoms with van der Waals surface area (Å²) in [4.78, 5) is 8.32. The zero-order chi connectivity index (χ0) is 14.8. The molecule has 3 aromatic rings. The number of rotatable bonds is 3. The number of pyridine rings is 1. The molecule has 2 aromatic heterocycles. The molecule has 0 radical (unpaired) electrons. The molecule has 0 unspecified atom stereocenters. The van der Waals surface area contributed by atoms with Gasteiger partial charge in [-0.2, -0.15) is 4.98 Å². The van der Waals surface area contributed by atoms with Gasteiger partial charge in [0.05, 0.1) is 30.1 Å². The van der Waals surface area contributed by atoms with Crippen molar-refractivity contribution in [3.05, 3.63) is 42.2 Å². The van der Waals surface area contributed by atoms with E-state index in [4.69, 9.17) is 15.0 Å². The van der Waals surface area contributed by atoms with Crippen molar-refractivity contribution in [1.82, 2.24) is 15.1 Å². The molecule has 6 nitrogen and oxygen atoms in total. The highest BCUT2D eigenvalue weighted by molar-refractivity contribution is 5.71. The monoisotopic (exact) mass is 282 g/mol. The van der Waals surface area contributed by atoms with E-state index < -0.39 is 0 Å². The number of nitrogens with zero attached hydrogens (tertiary/aromatic N) is 3. The summed E-state index contributed by atoms with van der Waals surface area (Å²) in [5.41, 5.74) is 8.88. The van der Waals surface area contributed by atoms with E-state index >= 15 is 0 Å². The quantitative estimate of drug-likeness (QED) is 0.794. The van der Waals surface area contributed by atoms with Crippen molar-refractivity contribution in [2.24, 2.45) is 0 Å². The number of nitrogens with two attached hydrogens (primary N) is 1. The lowest BCUT2D eigenvalue weighted by Crippen LogP contribution is -1.92. The van der Waals surface area contributed by atoms with Crippen molar-refractivity contribution < 1.29 is 9.26 Å². The molecule has 106 valence electrons. The van der Waals surface area contributed by atoms with Crippen LogP contribution in [-0.2, 0) is 0 Å². The van der Waals surface area contributed by atoms with Crippen LogP contribution >= 0.6 is 0 Å². The van der Waals surface area contributed by atoms with Gasteiger partial charge >= 0.3 is 0 Å². The van der Waals surface area contributed by atoms with E-state index in [9.17, 15) is 0 Å². The minimum absolute atomic E-state index is 0.354. The second-order valence-corrected chi connectivity index (χ2v) is 4.59. The Bertz CT molecular complexity index is 783. The molecule has 0 bridgehead atoms. The maximum atomic E-state index is 5.86. The van der Waals surface area contributed by atoms with Gasteiger partial charge in [0.2, 0.25) is 5.82 Å². The standard InChI is InChI=1S/C15H14N4O2/c1-9-3-4-11(13(7-9)20-2)14-18-15(21-19-14)10-5-6-17-8-12(10)16/h3-8H,16H2,1-2H3. The molecule has 0 aliphatic carbocycles. The molecule has 1 aromatic carbocycles. The number of hydrogen-bond donors (Lipinski definition) is 1. The molecule has 0 aliphatic heterocycles. The fraction of sp³-hybridized carbons (Fsp3) is 0.133. The number of aryl methyl sites for hydroxylation is 1. The molecule has 0 atom stereocenters. The maximum Gasteiger partial charge on any atom is 0.260 e. The smallest absolute Gasteiger partial charge is 0.260 e. The highest BCUT2D eigenvalue weighted by atomic mass is 16.5. The average Bonchev–Trinajstić information content (AvgIpc) is 2.97. The van der Waals surface area contributed by atoms with Crippen LogP contribution in [0.15, 0.2) is 41.2 Å². The van der Waals surface area contributed by atoms with E-state index in [-0.39, 0.29) is 0 Å². The van der Waals surface area contributed by atoms with Crippen LogP contribution in [0.4, 0.5) is 5.69 Å². The summed E-state index contributed by atoms with van der Waals surface area (Å²) < 4.78 is 10.7. The molecule has 2 heterocycles. The lowest BCUT2D eigenvalue weighted by atomic mass is 10.1. The Morgan fingerprint density at radius 3 is 2.81 bits per heavy atom. The molecule has 0 aliphatic rings. The van der Waals surface area contributed by atoms with E-state index in [1.54, 1.807) is 25.6 Å². The van der Waals surface area contributed by atoms with Crippen molar-refractivity contribution in [2.45, 2.75) is 6.92 Å². The van der Waals surface area contributed by atoms with Gasteiger partial charge in [-0.1, -0.05) is 11.2 Å². The molecular formula is C15H14N4O2. The Kier molecular flexibility index (Phi) is 3.27. The van der Waals surface area contributed by atoms with Gasteiger partial charge in [-0.05, 0) is 30.7 Å². The van der Waals surface area contributed by atoms with Crippen molar-refractivity contribution in [2.75, 3.05) is 12.8 Å². The Balaban J connectivity index is 2.05. The molecule has 0 fully saturated rings. The van der Waals surface area contributed by atoms with Crippen LogP contribution in [0.5, 0.6) is 5.75 Å². The molecule has 6 heteroatoms. The summed E-state index contributed by atoms with van der Waals surface area (Å²) in [6, 6.07) is 7.53. The van der Waals surface area contributed by atoms with Gasteiger partial charge in [-0.25, -0.2) is 0 Å². The molecule has 0 amide bonds. The Labute approximate surface area is 121 Å². The summed E-state index contributed by atoms with van der Waals surface area (Å²) in [5.74, 6) is 1.51. The van der Waals surface area contributed by atoms with Crippen LogP contribution in [-0.4, -0.2) is 22.2 Å². The van der Waals surface area contributed by atoms with E-state index in [2.05, 4.69) is 15.1 Å². The summed E-state index contributed by atoms with van der Waals surface area (Å²) >= 11 is 0. The van der Waals surface area contributed by atoms with Gasteiger partial charge in [-0.15, -0.1) is 0 Å². The first kappa shape index (κ1) is 13.1. The van der Waals surface area contributed by atoms with Gasteiger partial charge < -0.3 is 15.0 Å². The van der Waals surface area contributed by atoms with Crippen LogP contribution in [0.3, 0.4) is 0 Å². The van der Waals surface area contributed by atoms with Crippen LogP contribution in [0, 0.1) is 6.92 Å². The Morgan fingerprint density at radius 2 is 2.05 bits per heavy atom. The van der Waals surface area contributed by atoms with E-state index in [0.717, 1.165) is 11.1 Å². The largest absolute Gasteiger partial charge is 0.496 e. The normalized spacial score (nSPS) is 10.6. The minimum atomic E-state index is 0.354. The van der Waals surface area contributed by atoms with Gasteiger partial charge in [-0.3, -0.25) is 4.98 Å². The summed E-state index contributed by atoms with van der Waals surface area (Å²) in [6.45, 7) is 1.99. The average molecular weight is 282 g/mol. The summed E-state index contributed by atoms with van der Waals surface area (Å²) in [7, 11) is 1.61. The molecule has 3 rings (SSSR count). The lowest BCUT2D eigenvalue weighted by Gasteiger charge is -2.05. The molecule has 0 spiro atoms. The third kappa shape index (κ3) is 2.43. The van der Waals surface area contributed by atoms with Gasteiger partial charge in [0.15, 0.2) is 0 Å². The SMILES string of the molecule is COc1cc(C)ccc1-c1noc(-c2ccncc2N)n1. The Morgan fingerprint density at radius 1 is 1.19 bits per heavy atom. The van der Waals surface area contributed by atoms with Crippen molar-refractivity contribution in [1.29, 1.82) is 0 Å². The van der Waals surface area contributed by atoms with Crippen molar-refractivity contribution in [3.63, 3.8) is 0 Å². The van der Waals surface area contributed by atoms with Gasteiger partial charge in [0, 0.05) is 6.20 Å². The highest BCUT2D eigenvalue weighted by Crippen LogP contribution is 2.31. The molecule has 21 heavy (non-hydrogen) atoms. The maximum absolute atomic E-state index is 5.86. The highest BCUT2D eigenvalue weighted by Gasteiger charge is 2.15. The second-order valence-electron chi connectivity index (χ2n) is 4.59. The molecule has 0 saturated carbocycles. The number of methoxy groups -OCH3 is 1. The topological polar surface area (TPSA) is 87.1 Å². The number of anilines is 1. The van der Waals surface area contributed by atoms with Crippen molar-refractivity contribution >= 4 is 5.69 Å². The first-order valence-corrected chi connectivity index (χ1v) is 6.37. The fourth-order valence-corrected chi connectivity index (χ4v) is 2.03. The van der Waals surface area contributed by atoms with E-state index in [1.165, 1.54) is 0 Å². The first-order chi connectivity index (χ1) is 10.2. The van der Waals surface area contributed by atoms with Gasteiger partial charge in [0.25, 0.3) is 5.89 Å². The molecular weight excluding hydrogens is 268 g/mol. The summed E-state index contributed by atoms with van der Waals surface area (Å²) in [5, 5.41) is 4.00. The Hall–Kier alpha value is -2.89. The number of nitrogen functional groups attached to an aromatic ring is 1. The third-order valence-corrected chi connectivity index (χ3v) is 3.11. The van der Waals surface area contributed by atoms with Crippen LogP contribution in [0.1, 0.15) is 5.56 Å². The fourth-order valence-electron chi connectivity index (χ4n) is 2.03. The number of aromatic nitrogens is 3. The lowest BCUT2D eigenvalue weighted by molar-refractivity contribution is 0.413. The minimum Gasteiger partial charge on any atom is -0.496 e. The van der Waals surface area contributed by atoms with Crippen LogP contribution < -0.4 is 10.5 Å². The molecule has 2 N–H and O–H groups in total. The number of hydrogen-bond acceptors (Lipinski definition) is 6.